The molecule has 0 unspecified atom stereocenters. The predicted octanol–water partition coefficient (Wildman–Crippen LogP) is 3.19. The molecule has 3 atom stereocenters. The van der Waals surface area contributed by atoms with Gasteiger partial charge in [-0.15, -0.1) is 11.3 Å². The summed E-state index contributed by atoms with van der Waals surface area (Å²) in [7, 11) is 0. The van der Waals surface area contributed by atoms with Crippen LogP contribution in [0.3, 0.4) is 0 Å². The number of rotatable bonds is 3. The van der Waals surface area contributed by atoms with E-state index in [1.54, 1.807) is 23.9 Å². The monoisotopic (exact) mass is 446 g/mol. The summed E-state index contributed by atoms with van der Waals surface area (Å²) >= 11 is 1.71. The van der Waals surface area contributed by atoms with E-state index in [1.165, 1.54) is 10.4 Å². The molecule has 1 N–H and O–H groups in total. The Labute approximate surface area is 188 Å². The number of aromatic nitrogens is 4. The summed E-state index contributed by atoms with van der Waals surface area (Å²) < 4.78 is 7.51. The van der Waals surface area contributed by atoms with Gasteiger partial charge in [0, 0.05) is 35.4 Å². The summed E-state index contributed by atoms with van der Waals surface area (Å²) in [6, 6.07) is 6.31. The first-order valence-electron chi connectivity index (χ1n) is 11.1. The molecule has 4 aromatic rings. The molecule has 162 valence electrons. The van der Waals surface area contributed by atoms with Crippen molar-refractivity contribution in [3.05, 3.63) is 47.4 Å². The Hall–Kier alpha value is -3.04. The van der Waals surface area contributed by atoms with Crippen LogP contribution in [0.15, 0.2) is 36.9 Å². The van der Waals surface area contributed by atoms with Crippen LogP contribution in [0.4, 0.5) is 11.5 Å². The van der Waals surface area contributed by atoms with Gasteiger partial charge in [0.25, 0.3) is 0 Å². The van der Waals surface area contributed by atoms with Gasteiger partial charge in [-0.1, -0.05) is 0 Å². The first kappa shape index (κ1) is 18.5. The average molecular weight is 447 g/mol. The van der Waals surface area contributed by atoms with Crippen molar-refractivity contribution in [2.75, 3.05) is 18.5 Å². The molecule has 0 aromatic carbocycles. The largest absolute Gasteiger partial charge is 0.374 e. The number of hydrogen-bond donors (Lipinski definition) is 1. The molecule has 0 radical (unpaired) electrons. The van der Waals surface area contributed by atoms with E-state index in [9.17, 15) is 4.79 Å². The number of anilines is 2. The molecule has 2 saturated heterocycles. The standard InChI is InChI=1S/C23H22N6O2S/c30-23(28-10-17-9-16(28)11-31-17)13-1-2-18-19(7-13)32-22-20(18)21(24-12-25-22)27-14-4-6-29-15(8-14)3-5-26-29/h3-6,8,12-13,16-17H,1-2,7,9-11H2,(H,24,25,27)/t13-,16+,17+/m0/s1. The zero-order valence-corrected chi connectivity index (χ0v) is 18.2. The molecule has 3 aliphatic rings. The summed E-state index contributed by atoms with van der Waals surface area (Å²) in [4.78, 5) is 26.7. The van der Waals surface area contributed by atoms with Gasteiger partial charge in [0.15, 0.2) is 0 Å². The molecule has 1 aliphatic carbocycles. The fourth-order valence-corrected chi connectivity index (χ4v) is 6.72. The number of carbonyl (C=O) groups excluding carboxylic acids is 1. The van der Waals surface area contributed by atoms with Crippen LogP contribution < -0.4 is 5.32 Å². The number of nitrogens with zero attached hydrogens (tertiary/aromatic N) is 5. The Morgan fingerprint density at radius 2 is 2.25 bits per heavy atom. The molecular formula is C23H22N6O2S. The third-order valence-corrected chi connectivity index (χ3v) is 8.20. The molecule has 2 aliphatic heterocycles. The number of ether oxygens (including phenoxy) is 1. The van der Waals surface area contributed by atoms with E-state index < -0.39 is 0 Å². The van der Waals surface area contributed by atoms with Gasteiger partial charge in [0.05, 0.1) is 29.7 Å². The summed E-state index contributed by atoms with van der Waals surface area (Å²) in [6.07, 6.45) is 9.15. The van der Waals surface area contributed by atoms with E-state index in [0.29, 0.717) is 12.5 Å². The number of pyridine rings is 1. The van der Waals surface area contributed by atoms with Gasteiger partial charge >= 0.3 is 0 Å². The third kappa shape index (κ3) is 2.84. The van der Waals surface area contributed by atoms with Crippen LogP contribution in [0.25, 0.3) is 15.7 Å². The smallest absolute Gasteiger partial charge is 0.226 e. The maximum absolute atomic E-state index is 13.2. The summed E-state index contributed by atoms with van der Waals surface area (Å²) in [5, 5.41) is 8.84. The van der Waals surface area contributed by atoms with Crippen LogP contribution in [0.2, 0.25) is 0 Å². The van der Waals surface area contributed by atoms with Crippen molar-refractivity contribution in [3.8, 4) is 0 Å². The number of carbonyl (C=O) groups is 1. The van der Waals surface area contributed by atoms with Crippen molar-refractivity contribution in [1.29, 1.82) is 0 Å². The van der Waals surface area contributed by atoms with Crippen molar-refractivity contribution in [2.45, 2.75) is 37.8 Å². The highest BCUT2D eigenvalue weighted by Gasteiger charge is 2.43. The van der Waals surface area contributed by atoms with Crippen LogP contribution in [-0.4, -0.2) is 55.7 Å². The first-order valence-corrected chi connectivity index (χ1v) is 11.9. The molecule has 9 heteroatoms. The van der Waals surface area contributed by atoms with E-state index in [2.05, 4.69) is 31.3 Å². The van der Waals surface area contributed by atoms with E-state index in [0.717, 1.165) is 59.5 Å². The van der Waals surface area contributed by atoms with Crippen LogP contribution in [0, 0.1) is 5.92 Å². The van der Waals surface area contributed by atoms with Crippen LogP contribution in [0.5, 0.6) is 0 Å². The molecule has 7 rings (SSSR count). The molecule has 2 bridgehead atoms. The van der Waals surface area contributed by atoms with Crippen LogP contribution in [0.1, 0.15) is 23.3 Å². The minimum Gasteiger partial charge on any atom is -0.374 e. The zero-order valence-electron chi connectivity index (χ0n) is 17.4. The topological polar surface area (TPSA) is 84.7 Å². The lowest BCUT2D eigenvalue weighted by Crippen LogP contribution is -2.45. The van der Waals surface area contributed by atoms with Gasteiger partial charge < -0.3 is 15.0 Å². The first-order chi connectivity index (χ1) is 15.7. The lowest BCUT2D eigenvalue weighted by Gasteiger charge is -2.32. The molecule has 1 amide bonds. The Kier molecular flexibility index (Phi) is 4.04. The number of likely N-dealkylation sites (tertiary alicyclic amines) is 1. The fourth-order valence-electron chi connectivity index (χ4n) is 5.46. The Balaban J connectivity index is 1.18. The van der Waals surface area contributed by atoms with Gasteiger partial charge in [-0.25, -0.2) is 14.5 Å². The van der Waals surface area contributed by atoms with Crippen LogP contribution >= 0.6 is 11.3 Å². The molecule has 2 fully saturated rings. The van der Waals surface area contributed by atoms with Crippen molar-refractivity contribution in [1.82, 2.24) is 24.5 Å². The number of hydrogen-bond acceptors (Lipinski definition) is 7. The van der Waals surface area contributed by atoms with Crippen molar-refractivity contribution in [3.63, 3.8) is 0 Å². The van der Waals surface area contributed by atoms with Crippen molar-refractivity contribution < 1.29 is 9.53 Å². The third-order valence-electron chi connectivity index (χ3n) is 7.04. The fraction of sp³-hybridized carbons (Fsp3) is 0.391. The lowest BCUT2D eigenvalue weighted by atomic mass is 9.86. The number of nitrogens with one attached hydrogen (secondary N) is 1. The Bertz CT molecular complexity index is 1360. The van der Waals surface area contributed by atoms with Crippen molar-refractivity contribution >= 4 is 44.5 Å². The highest BCUT2D eigenvalue weighted by Crippen LogP contribution is 2.41. The van der Waals surface area contributed by atoms with Crippen molar-refractivity contribution in [2.24, 2.45) is 5.92 Å². The summed E-state index contributed by atoms with van der Waals surface area (Å²) in [5.41, 5.74) is 3.29. The molecular weight excluding hydrogens is 424 g/mol. The predicted molar refractivity (Wildman–Crippen MR) is 121 cm³/mol. The van der Waals surface area contributed by atoms with Gasteiger partial charge in [-0.2, -0.15) is 5.10 Å². The average Bonchev–Trinajstić information content (AvgIpc) is 3.60. The Morgan fingerprint density at radius 1 is 1.28 bits per heavy atom. The van der Waals surface area contributed by atoms with Gasteiger partial charge in [0.1, 0.15) is 17.0 Å². The number of fused-ring (bicyclic) bond motifs is 6. The molecule has 0 spiro atoms. The molecule has 6 heterocycles. The van der Waals surface area contributed by atoms with E-state index in [1.807, 2.05) is 22.8 Å². The van der Waals surface area contributed by atoms with Gasteiger partial charge in [0.2, 0.25) is 5.91 Å². The second-order valence-electron chi connectivity index (χ2n) is 8.92. The van der Waals surface area contributed by atoms with E-state index >= 15 is 0 Å². The molecule has 4 aromatic heterocycles. The number of morpholine rings is 1. The number of aryl methyl sites for hydroxylation is 1. The van der Waals surface area contributed by atoms with Crippen LogP contribution in [-0.2, 0) is 22.4 Å². The second-order valence-corrected chi connectivity index (χ2v) is 10.0. The van der Waals surface area contributed by atoms with E-state index in [4.69, 9.17) is 4.74 Å². The van der Waals surface area contributed by atoms with Gasteiger partial charge in [-0.3, -0.25) is 4.79 Å². The molecule has 0 saturated carbocycles. The maximum Gasteiger partial charge on any atom is 0.226 e. The van der Waals surface area contributed by atoms with Gasteiger partial charge in [-0.05, 0) is 49.4 Å². The second kappa shape index (κ2) is 6.98. The lowest BCUT2D eigenvalue weighted by molar-refractivity contribution is -0.140. The minimum absolute atomic E-state index is 0.0588. The summed E-state index contributed by atoms with van der Waals surface area (Å²) in [5.74, 6) is 1.20. The van der Waals surface area contributed by atoms with E-state index in [-0.39, 0.29) is 18.1 Å². The quantitative estimate of drug-likeness (QED) is 0.520. The summed E-state index contributed by atoms with van der Waals surface area (Å²) in [6.45, 7) is 1.47. The SMILES string of the molecule is O=C([C@H]1CCc2c(sc3ncnc(Nc4ccn5nccc5c4)c23)C1)N1C[C@H]2C[C@@H]1CO2. The number of amides is 1. The zero-order chi connectivity index (χ0) is 21.2. The normalized spacial score (nSPS) is 24.4. The maximum atomic E-state index is 13.2. The highest BCUT2D eigenvalue weighted by molar-refractivity contribution is 7.19. The highest BCUT2D eigenvalue weighted by atomic mass is 32.1. The minimum atomic E-state index is 0.0588. The molecule has 8 nitrogen and oxygen atoms in total. The number of thiophene rings is 1. The molecule has 32 heavy (non-hydrogen) atoms. The Morgan fingerprint density at radius 3 is 3.12 bits per heavy atom.